The zero-order chi connectivity index (χ0) is 29.5. The van der Waals surface area contributed by atoms with E-state index in [1.807, 2.05) is 91.5 Å². The van der Waals surface area contributed by atoms with Gasteiger partial charge in [-0.1, -0.05) is 0 Å². The van der Waals surface area contributed by atoms with E-state index < -0.39 is 0 Å². The Labute approximate surface area is 256 Å². The molecule has 7 heteroatoms. The van der Waals surface area contributed by atoms with Crippen molar-refractivity contribution in [3.05, 3.63) is 138 Å². The van der Waals surface area contributed by atoms with E-state index in [4.69, 9.17) is 22.5 Å². The molecule has 0 saturated heterocycles. The molecule has 0 fully saturated rings. The molecule has 5 aromatic carbocycles. The number of hydrogen-bond acceptors (Lipinski definition) is 0. The Morgan fingerprint density at radius 1 is 0.643 bits per heavy atom. The molecular formula is C35H26B7. The quantitative estimate of drug-likeness (QED) is 0.185. The molecule has 0 aliphatic heterocycles. The first kappa shape index (κ1) is 29.6. The van der Waals surface area contributed by atoms with Crippen LogP contribution in [0.15, 0.2) is 132 Å². The van der Waals surface area contributed by atoms with E-state index in [9.17, 15) is 0 Å². The summed E-state index contributed by atoms with van der Waals surface area (Å²) in [6.45, 7) is 4.01. The standard InChI is InChI=1S/C35H26B7/c1-3-24(33(36)41-31-19-9-13-25-11-4-6-17-29(25)31)21-23(2)39-35(38)40-28-16-8-15-27(22-28)34(37)42-32-20-10-14-26-12-5-7-18-30(26)32/h3-22H,1-2H3/b23-21+,24-3+. The summed E-state index contributed by atoms with van der Waals surface area (Å²) >= 11 is 0. The normalized spacial score (nSPS) is 11.6. The molecule has 0 atom stereocenters. The first-order valence-electron chi connectivity index (χ1n) is 14.1. The SMILES string of the molecule is [B]=C([B]/C(C)=C/C(=C\C)C(=[B])[B]c1cccc2ccccc12)[B]c1cccc(C(=[B])[B]c2cccc3ccccc23)c1. The van der Waals surface area contributed by atoms with Gasteiger partial charge in [-0.2, -0.15) is 0 Å². The van der Waals surface area contributed by atoms with Gasteiger partial charge < -0.3 is 0 Å². The molecule has 5 aromatic rings. The fourth-order valence-corrected chi connectivity index (χ4v) is 5.18. The Morgan fingerprint density at radius 3 is 1.86 bits per heavy atom. The van der Waals surface area contributed by atoms with Crippen LogP contribution in [0.5, 0.6) is 0 Å². The third kappa shape index (κ3) is 7.32. The summed E-state index contributed by atoms with van der Waals surface area (Å²) in [4.78, 5) is 0. The van der Waals surface area contributed by atoms with E-state index >= 15 is 0 Å². The van der Waals surface area contributed by atoms with E-state index in [1.165, 1.54) is 21.5 Å². The fraction of sp³-hybridized carbons (Fsp3) is 0.0571. The van der Waals surface area contributed by atoms with Crippen LogP contribution in [0, 0.1) is 0 Å². The molecule has 0 aliphatic carbocycles. The molecule has 0 bridgehead atoms. The van der Waals surface area contributed by atoms with Gasteiger partial charge in [0.2, 0.25) is 0 Å². The van der Waals surface area contributed by atoms with Crippen molar-refractivity contribution >= 4 is 106 Å². The molecule has 0 unspecified atom stereocenters. The first-order valence-corrected chi connectivity index (χ1v) is 14.1. The third-order valence-electron chi connectivity index (χ3n) is 7.24. The van der Waals surface area contributed by atoms with Crippen LogP contribution in [0.1, 0.15) is 19.4 Å². The van der Waals surface area contributed by atoms with Gasteiger partial charge in [0.25, 0.3) is 0 Å². The summed E-state index contributed by atoms with van der Waals surface area (Å²) in [5, 5.41) is 6.77. The minimum atomic E-state index is 0.643. The van der Waals surface area contributed by atoms with Gasteiger partial charge in [0.1, 0.15) is 0 Å². The Balaban J connectivity index is 1.21. The molecule has 0 heterocycles. The Kier molecular flexibility index (Phi) is 9.80. The molecule has 0 nitrogen and oxygen atoms in total. The summed E-state index contributed by atoms with van der Waals surface area (Å²) in [7, 11) is 27.5. The zero-order valence-corrected chi connectivity index (χ0v) is 24.1. The molecule has 0 amide bonds. The van der Waals surface area contributed by atoms with Crippen molar-refractivity contribution in [3.63, 3.8) is 0 Å². The number of allylic oxidation sites excluding steroid dienone is 4. The van der Waals surface area contributed by atoms with Crippen molar-refractivity contribution < 1.29 is 0 Å². The van der Waals surface area contributed by atoms with Crippen LogP contribution < -0.4 is 16.4 Å². The van der Waals surface area contributed by atoms with Crippen molar-refractivity contribution in [2.24, 2.45) is 0 Å². The van der Waals surface area contributed by atoms with Gasteiger partial charge in [0.15, 0.2) is 0 Å². The summed E-state index contributed by atoms with van der Waals surface area (Å²) in [5.41, 5.74) is 6.04. The zero-order valence-electron chi connectivity index (χ0n) is 24.1. The van der Waals surface area contributed by atoms with Crippen LogP contribution in [-0.4, -0.2) is 67.6 Å². The first-order chi connectivity index (χ1) is 20.4. The average molecular weight is 522 g/mol. The van der Waals surface area contributed by atoms with E-state index in [-0.39, 0.29) is 0 Å². The molecule has 5 rings (SSSR count). The van der Waals surface area contributed by atoms with Crippen LogP contribution in [-0.2, 0) is 0 Å². The van der Waals surface area contributed by atoms with Crippen molar-refractivity contribution in [3.8, 4) is 0 Å². The third-order valence-corrected chi connectivity index (χ3v) is 7.24. The van der Waals surface area contributed by atoms with Gasteiger partial charge in [-0.25, -0.2) is 0 Å². The van der Waals surface area contributed by atoms with Gasteiger partial charge in [0.05, 0.1) is 0 Å². The van der Waals surface area contributed by atoms with Crippen LogP contribution in [0.25, 0.3) is 21.5 Å². The summed E-state index contributed by atoms with van der Waals surface area (Å²) in [6.07, 6.45) is 4.07. The summed E-state index contributed by atoms with van der Waals surface area (Å²) < 4.78 is 0. The van der Waals surface area contributed by atoms with E-state index in [0.717, 1.165) is 33.0 Å². The van der Waals surface area contributed by atoms with Gasteiger partial charge in [-0.15, -0.1) is 0 Å². The fourth-order valence-electron chi connectivity index (χ4n) is 5.18. The topological polar surface area (TPSA) is 0 Å². The van der Waals surface area contributed by atoms with Crippen LogP contribution in [0.2, 0.25) is 0 Å². The maximum absolute atomic E-state index is 6.56. The monoisotopic (exact) mass is 523 g/mol. The molecule has 0 aromatic heterocycles. The van der Waals surface area contributed by atoms with E-state index in [2.05, 4.69) is 72.8 Å². The summed E-state index contributed by atoms with van der Waals surface area (Å²) in [6, 6.07) is 37.2. The second kappa shape index (κ2) is 13.9. The van der Waals surface area contributed by atoms with E-state index in [1.54, 1.807) is 0 Å². The van der Waals surface area contributed by atoms with E-state index in [0.29, 0.717) is 16.0 Å². The molecule has 7 radical (unpaired) electrons. The van der Waals surface area contributed by atoms with Crippen molar-refractivity contribution in [2.75, 3.05) is 0 Å². The Hall–Kier alpha value is -3.84. The Bertz CT molecular complexity index is 1860. The molecule has 187 valence electrons. The van der Waals surface area contributed by atoms with Gasteiger partial charge in [-0.05, 0) is 0 Å². The number of hydrogen-bond donors (Lipinski definition) is 0. The number of fused-ring (bicyclic) bond motifs is 2. The maximum atomic E-state index is 6.56. The number of benzene rings is 5. The average Bonchev–Trinajstić information content (AvgIpc) is 3.00. The Morgan fingerprint density at radius 2 is 1.21 bits per heavy atom. The van der Waals surface area contributed by atoms with Crippen molar-refractivity contribution in [2.45, 2.75) is 13.8 Å². The van der Waals surface area contributed by atoms with Gasteiger partial charge >= 0.3 is 257 Å². The van der Waals surface area contributed by atoms with Crippen LogP contribution in [0.3, 0.4) is 0 Å². The van der Waals surface area contributed by atoms with Crippen LogP contribution in [0.4, 0.5) is 0 Å². The summed E-state index contributed by atoms with van der Waals surface area (Å²) in [5.74, 6) is 0. The molecule has 0 spiro atoms. The van der Waals surface area contributed by atoms with Crippen molar-refractivity contribution in [1.82, 2.24) is 0 Å². The van der Waals surface area contributed by atoms with Crippen LogP contribution >= 0.6 is 0 Å². The molecule has 42 heavy (non-hydrogen) atoms. The molecular weight excluding hydrogens is 496 g/mol. The van der Waals surface area contributed by atoms with Gasteiger partial charge in [-0.3, -0.25) is 0 Å². The van der Waals surface area contributed by atoms with Gasteiger partial charge in [0, 0.05) is 0 Å². The second-order valence-electron chi connectivity index (χ2n) is 10.4. The minimum absolute atomic E-state index is 0.643. The van der Waals surface area contributed by atoms with Crippen molar-refractivity contribution in [1.29, 1.82) is 0 Å². The predicted octanol–water partition coefficient (Wildman–Crippen LogP) is 3.14. The molecule has 0 saturated carbocycles. The molecule has 0 N–H and O–H groups in total. The number of rotatable bonds is 11. The second-order valence-corrected chi connectivity index (χ2v) is 10.4. The predicted molar refractivity (Wildman–Crippen MR) is 195 cm³/mol. The molecule has 0 aliphatic rings.